The number of aromatic nitrogens is 3. The van der Waals surface area contributed by atoms with Gasteiger partial charge in [-0.05, 0) is 12.5 Å². The van der Waals surface area contributed by atoms with Crippen molar-refractivity contribution in [2.45, 2.75) is 13.0 Å². The van der Waals surface area contributed by atoms with Crippen LogP contribution in [-0.4, -0.2) is 72.6 Å². The molecule has 0 unspecified atom stereocenters. The molecule has 166 valence electrons. The van der Waals surface area contributed by atoms with E-state index < -0.39 is 0 Å². The molecule has 0 aliphatic carbocycles. The minimum absolute atomic E-state index is 0.0347. The number of amides is 1. The number of hydrogen-bond donors (Lipinski definition) is 2. The molecule has 2 saturated heterocycles. The highest BCUT2D eigenvalue weighted by Crippen LogP contribution is 2.31. The lowest BCUT2D eigenvalue weighted by atomic mass is 10.2. The van der Waals surface area contributed by atoms with Gasteiger partial charge in [0, 0.05) is 13.1 Å². The van der Waals surface area contributed by atoms with E-state index in [1.54, 1.807) is 6.21 Å². The molecule has 11 heteroatoms. The second-order valence-electron chi connectivity index (χ2n) is 7.63. The molecule has 2 fully saturated rings. The van der Waals surface area contributed by atoms with Crippen LogP contribution in [0, 0.1) is 6.92 Å². The van der Waals surface area contributed by atoms with Crippen LogP contribution >= 0.6 is 11.3 Å². The molecular formula is C21H23N7O3S. The number of nitrogens with one attached hydrogen (secondary N) is 2. The Bertz CT molecular complexity index is 1160. The number of hydrogen-bond acceptors (Lipinski definition) is 10. The minimum atomic E-state index is -0.221. The second-order valence-corrected chi connectivity index (χ2v) is 8.63. The molecule has 0 saturated carbocycles. The van der Waals surface area contributed by atoms with Gasteiger partial charge in [0.1, 0.15) is 4.70 Å². The molecule has 10 nitrogen and oxygen atoms in total. The first-order valence-corrected chi connectivity index (χ1v) is 11.2. The zero-order valence-corrected chi connectivity index (χ0v) is 18.4. The average molecular weight is 454 g/mol. The number of nitrogens with zero attached hydrogens (tertiary/aromatic N) is 5. The van der Waals surface area contributed by atoms with Gasteiger partial charge in [-0.1, -0.05) is 29.8 Å². The van der Waals surface area contributed by atoms with Gasteiger partial charge in [0.05, 0.1) is 38.7 Å². The van der Waals surface area contributed by atoms with Crippen LogP contribution in [0.1, 0.15) is 20.9 Å². The number of anilines is 2. The van der Waals surface area contributed by atoms with Gasteiger partial charge in [0.2, 0.25) is 5.95 Å². The van der Waals surface area contributed by atoms with Crippen molar-refractivity contribution in [1.82, 2.24) is 20.3 Å². The monoisotopic (exact) mass is 453 g/mol. The number of thiazole rings is 1. The Labute approximate surface area is 188 Å². The standard InChI is InChI=1S/C21H23N7O3S/c1-13-3-2-4-14(9-13)10-22-27-21-25-17-16(18(26-21)28-5-7-30-8-6-28)32-20(24-17)19(29)23-15-11-31-12-15/h2-4,9-10,15H,5-8,11-12H2,1H3,(H,23,29)(H,25,26,27)/b22-10+. The Hall–Kier alpha value is -3.15. The summed E-state index contributed by atoms with van der Waals surface area (Å²) in [7, 11) is 0. The van der Waals surface area contributed by atoms with E-state index in [2.05, 4.69) is 35.7 Å². The van der Waals surface area contributed by atoms with E-state index in [0.717, 1.165) is 21.6 Å². The summed E-state index contributed by atoms with van der Waals surface area (Å²) >= 11 is 1.30. The Kier molecular flexibility index (Phi) is 5.93. The van der Waals surface area contributed by atoms with Crippen molar-refractivity contribution < 1.29 is 14.3 Å². The van der Waals surface area contributed by atoms with Gasteiger partial charge < -0.3 is 19.7 Å². The lowest BCUT2D eigenvalue weighted by Crippen LogP contribution is -2.48. The molecule has 1 aromatic carbocycles. The fourth-order valence-corrected chi connectivity index (χ4v) is 4.35. The van der Waals surface area contributed by atoms with Gasteiger partial charge in [-0.3, -0.25) is 4.79 Å². The molecule has 0 spiro atoms. The maximum absolute atomic E-state index is 12.6. The zero-order chi connectivity index (χ0) is 21.9. The van der Waals surface area contributed by atoms with Gasteiger partial charge in [0.25, 0.3) is 5.91 Å². The maximum Gasteiger partial charge on any atom is 0.280 e. The second kappa shape index (κ2) is 9.15. The van der Waals surface area contributed by atoms with E-state index in [4.69, 9.17) is 9.47 Å². The van der Waals surface area contributed by atoms with Crippen LogP contribution in [0.25, 0.3) is 10.3 Å². The molecule has 0 bridgehead atoms. The molecule has 2 aromatic heterocycles. The Morgan fingerprint density at radius 2 is 2.06 bits per heavy atom. The van der Waals surface area contributed by atoms with Crippen molar-refractivity contribution in [3.63, 3.8) is 0 Å². The van der Waals surface area contributed by atoms with E-state index in [1.165, 1.54) is 11.3 Å². The van der Waals surface area contributed by atoms with Crippen LogP contribution in [0.2, 0.25) is 0 Å². The molecule has 2 N–H and O–H groups in total. The number of benzene rings is 1. The minimum Gasteiger partial charge on any atom is -0.378 e. The lowest BCUT2D eigenvalue weighted by Gasteiger charge is -2.28. The van der Waals surface area contributed by atoms with Crippen LogP contribution < -0.4 is 15.6 Å². The van der Waals surface area contributed by atoms with Crippen molar-refractivity contribution in [3.8, 4) is 0 Å². The number of ether oxygens (including phenoxy) is 2. The topological polar surface area (TPSA) is 114 Å². The fraction of sp³-hybridized carbons (Fsp3) is 0.381. The van der Waals surface area contributed by atoms with Crippen LogP contribution in [0.5, 0.6) is 0 Å². The molecule has 3 aromatic rings. The number of morpholine rings is 1. The Balaban J connectivity index is 1.43. The number of rotatable bonds is 6. The van der Waals surface area contributed by atoms with Crippen molar-refractivity contribution in [1.29, 1.82) is 0 Å². The molecule has 5 rings (SSSR count). The Morgan fingerprint density at radius 1 is 1.22 bits per heavy atom. The average Bonchev–Trinajstić information content (AvgIpc) is 3.21. The third-order valence-electron chi connectivity index (χ3n) is 5.13. The summed E-state index contributed by atoms with van der Waals surface area (Å²) in [5, 5.41) is 7.57. The van der Waals surface area contributed by atoms with Gasteiger partial charge in [-0.25, -0.2) is 10.4 Å². The summed E-state index contributed by atoms with van der Waals surface area (Å²) in [4.78, 5) is 28.4. The molecular weight excluding hydrogens is 430 g/mol. The first-order chi connectivity index (χ1) is 15.7. The van der Waals surface area contributed by atoms with Crippen LogP contribution in [0.4, 0.5) is 11.8 Å². The Morgan fingerprint density at radius 3 is 2.81 bits per heavy atom. The van der Waals surface area contributed by atoms with E-state index in [9.17, 15) is 4.79 Å². The number of carbonyl (C=O) groups is 1. The molecule has 2 aliphatic heterocycles. The molecule has 1 amide bonds. The van der Waals surface area contributed by atoms with E-state index in [1.807, 2.05) is 31.2 Å². The summed E-state index contributed by atoms with van der Waals surface area (Å²) < 4.78 is 11.4. The normalized spacial score (nSPS) is 17.0. The number of carbonyl (C=O) groups excluding carboxylic acids is 1. The van der Waals surface area contributed by atoms with Crippen LogP contribution in [-0.2, 0) is 9.47 Å². The molecule has 0 radical (unpaired) electrons. The van der Waals surface area contributed by atoms with Gasteiger partial charge >= 0.3 is 0 Å². The number of fused-ring (bicyclic) bond motifs is 1. The molecule has 2 aliphatic rings. The lowest BCUT2D eigenvalue weighted by molar-refractivity contribution is -0.00346. The van der Waals surface area contributed by atoms with Crippen molar-refractivity contribution in [3.05, 3.63) is 40.4 Å². The maximum atomic E-state index is 12.6. The highest BCUT2D eigenvalue weighted by molar-refractivity contribution is 7.20. The predicted molar refractivity (Wildman–Crippen MR) is 123 cm³/mol. The summed E-state index contributed by atoms with van der Waals surface area (Å²) in [5.41, 5.74) is 5.50. The quantitative estimate of drug-likeness (QED) is 0.429. The first kappa shape index (κ1) is 20.7. The SMILES string of the molecule is Cc1cccc(/C=N/Nc2nc(N3CCOCC3)c3sc(C(=O)NC4COC4)nc3n2)c1. The van der Waals surface area contributed by atoms with E-state index in [-0.39, 0.29) is 11.9 Å². The van der Waals surface area contributed by atoms with Gasteiger partial charge in [-0.2, -0.15) is 15.1 Å². The number of hydrazone groups is 1. The summed E-state index contributed by atoms with van der Waals surface area (Å²) in [6.45, 7) is 5.74. The predicted octanol–water partition coefficient (Wildman–Crippen LogP) is 1.81. The third-order valence-corrected chi connectivity index (χ3v) is 6.17. The molecule has 0 atom stereocenters. The van der Waals surface area contributed by atoms with E-state index >= 15 is 0 Å². The number of aryl methyl sites for hydroxylation is 1. The molecule has 32 heavy (non-hydrogen) atoms. The zero-order valence-electron chi connectivity index (χ0n) is 17.6. The summed E-state index contributed by atoms with van der Waals surface area (Å²) in [6, 6.07) is 8.05. The van der Waals surface area contributed by atoms with Crippen molar-refractivity contribution >= 4 is 45.6 Å². The fourth-order valence-electron chi connectivity index (χ4n) is 3.43. The largest absolute Gasteiger partial charge is 0.378 e. The highest BCUT2D eigenvalue weighted by atomic mass is 32.1. The van der Waals surface area contributed by atoms with Crippen LogP contribution in [0.15, 0.2) is 29.4 Å². The van der Waals surface area contributed by atoms with Crippen LogP contribution in [0.3, 0.4) is 0 Å². The smallest absolute Gasteiger partial charge is 0.280 e. The first-order valence-electron chi connectivity index (χ1n) is 10.4. The van der Waals surface area contributed by atoms with Crippen molar-refractivity contribution in [2.24, 2.45) is 5.10 Å². The summed E-state index contributed by atoms with van der Waals surface area (Å²) in [5.74, 6) is 0.837. The summed E-state index contributed by atoms with van der Waals surface area (Å²) in [6.07, 6.45) is 1.72. The third kappa shape index (κ3) is 4.54. The van der Waals surface area contributed by atoms with Gasteiger partial charge in [-0.15, -0.1) is 11.3 Å². The van der Waals surface area contributed by atoms with E-state index in [0.29, 0.717) is 56.1 Å². The molecule has 4 heterocycles. The highest BCUT2D eigenvalue weighted by Gasteiger charge is 2.25. The van der Waals surface area contributed by atoms with Crippen molar-refractivity contribution in [2.75, 3.05) is 49.8 Å². The van der Waals surface area contributed by atoms with Gasteiger partial charge in [0.15, 0.2) is 16.5 Å².